The summed E-state index contributed by atoms with van der Waals surface area (Å²) < 4.78 is 49.6. The highest BCUT2D eigenvalue weighted by molar-refractivity contribution is 7.89. The zero-order chi connectivity index (χ0) is 17.0. The number of urea groups is 1. The maximum absolute atomic E-state index is 13.5. The Bertz CT molecular complexity index is 679. The number of benzene rings is 1. The molecular weight excluding hydrogens is 326 g/mol. The van der Waals surface area contributed by atoms with E-state index in [1.165, 1.54) is 18.2 Å². The first-order valence-corrected chi connectivity index (χ1v) is 9.44. The van der Waals surface area contributed by atoms with Crippen molar-refractivity contribution in [1.82, 2.24) is 10.6 Å². The molecule has 128 valence electrons. The molecule has 0 aromatic heterocycles. The van der Waals surface area contributed by atoms with Crippen molar-refractivity contribution in [3.8, 4) is 0 Å². The Kier molecular flexibility index (Phi) is 5.56. The number of hydrogen-bond acceptors (Lipinski definition) is 3. The predicted molar refractivity (Wildman–Crippen MR) is 82.9 cm³/mol. The number of amides is 2. The maximum Gasteiger partial charge on any atom is 0.315 e. The van der Waals surface area contributed by atoms with Gasteiger partial charge in [0, 0.05) is 12.8 Å². The van der Waals surface area contributed by atoms with E-state index in [0.29, 0.717) is 24.0 Å². The zero-order valence-electron chi connectivity index (χ0n) is 12.8. The summed E-state index contributed by atoms with van der Waals surface area (Å²) in [5, 5.41) is 5.07. The monoisotopic (exact) mass is 346 g/mol. The normalized spacial score (nSPS) is 21.2. The highest BCUT2D eigenvalue weighted by Crippen LogP contribution is 2.21. The molecule has 0 spiro atoms. The van der Waals surface area contributed by atoms with Gasteiger partial charge in [0.2, 0.25) is 0 Å². The van der Waals surface area contributed by atoms with E-state index in [-0.39, 0.29) is 12.3 Å². The van der Waals surface area contributed by atoms with Gasteiger partial charge in [0.25, 0.3) is 0 Å². The molecule has 1 fully saturated rings. The molecule has 1 aromatic carbocycles. The second-order valence-electron chi connectivity index (χ2n) is 5.86. The molecular formula is C15H20F2N2O3S. The van der Waals surface area contributed by atoms with Crippen LogP contribution in [0, 0.1) is 5.82 Å². The number of alkyl halides is 1. The Morgan fingerprint density at radius 1 is 1.30 bits per heavy atom. The van der Waals surface area contributed by atoms with Gasteiger partial charge in [-0.2, -0.15) is 0 Å². The summed E-state index contributed by atoms with van der Waals surface area (Å²) in [7, 11) is -3.28. The van der Waals surface area contributed by atoms with Crippen LogP contribution in [0.2, 0.25) is 0 Å². The Labute approximate surface area is 134 Å². The highest BCUT2D eigenvalue weighted by Gasteiger charge is 2.28. The molecule has 1 aromatic rings. The molecule has 0 saturated heterocycles. The van der Waals surface area contributed by atoms with Crippen molar-refractivity contribution in [2.75, 3.05) is 6.26 Å². The summed E-state index contributed by atoms with van der Waals surface area (Å²) in [6, 6.07) is 2.71. The fourth-order valence-electron chi connectivity index (χ4n) is 2.65. The fraction of sp³-hybridized carbons (Fsp3) is 0.533. The van der Waals surface area contributed by atoms with Gasteiger partial charge in [0.05, 0.1) is 11.8 Å². The molecule has 23 heavy (non-hydrogen) atoms. The molecule has 0 heterocycles. The third kappa shape index (κ3) is 5.46. The largest absolute Gasteiger partial charge is 0.334 e. The highest BCUT2D eigenvalue weighted by atomic mass is 32.2. The smallest absolute Gasteiger partial charge is 0.315 e. The van der Waals surface area contributed by atoms with Gasteiger partial charge in [-0.1, -0.05) is 6.07 Å². The van der Waals surface area contributed by atoms with Crippen LogP contribution in [-0.4, -0.2) is 32.9 Å². The van der Waals surface area contributed by atoms with Gasteiger partial charge in [-0.3, -0.25) is 0 Å². The van der Waals surface area contributed by atoms with Gasteiger partial charge in [-0.05, 0) is 42.5 Å². The van der Waals surface area contributed by atoms with E-state index in [4.69, 9.17) is 0 Å². The maximum atomic E-state index is 13.5. The number of hydrogen-bond donors (Lipinski definition) is 2. The van der Waals surface area contributed by atoms with Crippen LogP contribution in [0.25, 0.3) is 0 Å². The second-order valence-corrected chi connectivity index (χ2v) is 8.00. The fourth-order valence-corrected chi connectivity index (χ4v) is 3.50. The minimum atomic E-state index is -3.28. The van der Waals surface area contributed by atoms with Crippen LogP contribution in [0.15, 0.2) is 18.2 Å². The SMILES string of the molecule is CS(=O)(=O)Cc1ccc(F)cc1CNC(=O)N[C@H]1CCC[C@H]1F. The van der Waals surface area contributed by atoms with Crippen LogP contribution < -0.4 is 10.6 Å². The van der Waals surface area contributed by atoms with E-state index >= 15 is 0 Å². The summed E-state index contributed by atoms with van der Waals surface area (Å²) in [4.78, 5) is 11.8. The number of carbonyl (C=O) groups is 1. The molecule has 0 radical (unpaired) electrons. The molecule has 1 aliphatic rings. The van der Waals surface area contributed by atoms with Crippen LogP contribution in [0.1, 0.15) is 30.4 Å². The summed E-state index contributed by atoms with van der Waals surface area (Å²) in [5.74, 6) is -0.750. The molecule has 1 aliphatic carbocycles. The van der Waals surface area contributed by atoms with E-state index in [1.54, 1.807) is 0 Å². The van der Waals surface area contributed by atoms with E-state index in [2.05, 4.69) is 10.6 Å². The number of nitrogens with one attached hydrogen (secondary N) is 2. The van der Waals surface area contributed by atoms with Crippen molar-refractivity contribution in [3.05, 3.63) is 35.1 Å². The molecule has 8 heteroatoms. The summed E-state index contributed by atoms with van der Waals surface area (Å²) in [6.07, 6.45) is 1.80. The lowest BCUT2D eigenvalue weighted by Gasteiger charge is -2.16. The lowest BCUT2D eigenvalue weighted by Crippen LogP contribution is -2.44. The molecule has 2 rings (SSSR count). The minimum absolute atomic E-state index is 0.0296. The number of carbonyl (C=O) groups excluding carboxylic acids is 1. The summed E-state index contributed by atoms with van der Waals surface area (Å²) in [5.41, 5.74) is 0.812. The van der Waals surface area contributed by atoms with Crippen LogP contribution in [-0.2, 0) is 22.1 Å². The van der Waals surface area contributed by atoms with Crippen molar-refractivity contribution < 1.29 is 22.0 Å². The van der Waals surface area contributed by atoms with Gasteiger partial charge in [-0.25, -0.2) is 22.0 Å². The third-order valence-electron chi connectivity index (χ3n) is 3.77. The average Bonchev–Trinajstić information content (AvgIpc) is 2.83. The molecule has 0 bridgehead atoms. The molecule has 0 unspecified atom stereocenters. The molecule has 2 atom stereocenters. The lowest BCUT2D eigenvalue weighted by atomic mass is 10.1. The average molecular weight is 346 g/mol. The van der Waals surface area contributed by atoms with Crippen molar-refractivity contribution >= 4 is 15.9 Å². The zero-order valence-corrected chi connectivity index (χ0v) is 13.6. The van der Waals surface area contributed by atoms with Crippen LogP contribution >= 0.6 is 0 Å². The van der Waals surface area contributed by atoms with Crippen molar-refractivity contribution in [3.63, 3.8) is 0 Å². The lowest BCUT2D eigenvalue weighted by molar-refractivity contribution is 0.224. The first-order valence-electron chi connectivity index (χ1n) is 7.38. The standard InChI is InChI=1S/C15H20F2N2O3S/c1-23(21,22)9-10-5-6-12(16)7-11(10)8-18-15(20)19-14-4-2-3-13(14)17/h5-7,13-14H,2-4,8-9H2,1H3,(H2,18,19,20)/t13-,14+/m1/s1. The second kappa shape index (κ2) is 7.25. The quantitative estimate of drug-likeness (QED) is 0.857. The first-order chi connectivity index (χ1) is 10.7. The van der Waals surface area contributed by atoms with Gasteiger partial charge in [-0.15, -0.1) is 0 Å². The Hall–Kier alpha value is -1.70. The topological polar surface area (TPSA) is 75.3 Å². The molecule has 5 nitrogen and oxygen atoms in total. The van der Waals surface area contributed by atoms with Crippen molar-refractivity contribution in [1.29, 1.82) is 0 Å². The Balaban J connectivity index is 1.99. The first kappa shape index (κ1) is 17.7. The minimum Gasteiger partial charge on any atom is -0.334 e. The Morgan fingerprint density at radius 2 is 2.04 bits per heavy atom. The van der Waals surface area contributed by atoms with E-state index in [0.717, 1.165) is 12.7 Å². The Morgan fingerprint density at radius 3 is 2.65 bits per heavy atom. The van der Waals surface area contributed by atoms with E-state index < -0.39 is 33.9 Å². The number of halogens is 2. The van der Waals surface area contributed by atoms with Crippen LogP contribution in [0.3, 0.4) is 0 Å². The van der Waals surface area contributed by atoms with E-state index in [9.17, 15) is 22.0 Å². The van der Waals surface area contributed by atoms with Gasteiger partial charge in [0.1, 0.15) is 12.0 Å². The molecule has 0 aliphatic heterocycles. The van der Waals surface area contributed by atoms with Crippen molar-refractivity contribution in [2.45, 2.75) is 43.8 Å². The van der Waals surface area contributed by atoms with Gasteiger partial charge < -0.3 is 10.6 Å². The number of sulfone groups is 1. The van der Waals surface area contributed by atoms with Crippen molar-refractivity contribution in [2.24, 2.45) is 0 Å². The predicted octanol–water partition coefficient (Wildman–Crippen LogP) is 2.06. The van der Waals surface area contributed by atoms with Gasteiger partial charge in [0.15, 0.2) is 9.84 Å². The van der Waals surface area contributed by atoms with Crippen LogP contribution in [0.4, 0.5) is 13.6 Å². The summed E-state index contributed by atoms with van der Waals surface area (Å²) in [6.45, 7) is -0.0296. The molecule has 2 N–H and O–H groups in total. The van der Waals surface area contributed by atoms with Crippen LogP contribution in [0.5, 0.6) is 0 Å². The third-order valence-corrected chi connectivity index (χ3v) is 4.61. The van der Waals surface area contributed by atoms with E-state index in [1.807, 2.05) is 0 Å². The number of rotatable bonds is 5. The molecule has 2 amide bonds. The summed E-state index contributed by atoms with van der Waals surface area (Å²) >= 11 is 0. The molecule has 1 saturated carbocycles. The van der Waals surface area contributed by atoms with Gasteiger partial charge >= 0.3 is 6.03 Å².